The number of nitrogens with zero attached hydrogens (tertiary/aromatic N) is 5. The van der Waals surface area contributed by atoms with Crippen LogP contribution in [0, 0.1) is 0 Å². The fraction of sp³-hybridized carbons (Fsp3) is 0.0714. The van der Waals surface area contributed by atoms with Gasteiger partial charge in [0.05, 0.1) is 5.69 Å². The molecule has 2 aromatic heterocycles. The van der Waals surface area contributed by atoms with Gasteiger partial charge in [0.2, 0.25) is 5.82 Å². The number of anilines is 1. The summed E-state index contributed by atoms with van der Waals surface area (Å²) in [7, 11) is 0. The van der Waals surface area contributed by atoms with Gasteiger partial charge in [-0.25, -0.2) is 19.6 Å². The van der Waals surface area contributed by atoms with E-state index < -0.39 is 0 Å². The second kappa shape index (κ2) is 5.12. The van der Waals surface area contributed by atoms with Gasteiger partial charge in [0.1, 0.15) is 17.7 Å². The van der Waals surface area contributed by atoms with Crippen LogP contribution in [-0.2, 0) is 0 Å². The standard InChI is InChI=1S/C14H12N6O/c1-9(21)12-13(17-7-6-16-12)14-18-8-20(19-14)11-4-2-10(15)3-5-11/h2-8H,15H2,1H3. The van der Waals surface area contributed by atoms with Crippen LogP contribution in [-0.4, -0.2) is 30.5 Å². The first-order valence-electron chi connectivity index (χ1n) is 6.25. The Morgan fingerprint density at radius 3 is 2.52 bits per heavy atom. The first kappa shape index (κ1) is 12.9. The molecule has 1 aromatic carbocycles. The molecule has 2 heterocycles. The number of benzene rings is 1. The van der Waals surface area contributed by atoms with Gasteiger partial charge in [-0.3, -0.25) is 4.79 Å². The third-order valence-corrected chi connectivity index (χ3v) is 2.89. The van der Waals surface area contributed by atoms with Crippen LogP contribution in [0.4, 0.5) is 5.69 Å². The molecule has 0 spiro atoms. The third kappa shape index (κ3) is 2.48. The SMILES string of the molecule is CC(=O)c1nccnc1-c1ncn(-c2ccc(N)cc2)n1. The van der Waals surface area contributed by atoms with E-state index in [1.54, 1.807) is 23.1 Å². The zero-order chi connectivity index (χ0) is 14.8. The number of aromatic nitrogens is 5. The Labute approximate surface area is 120 Å². The van der Waals surface area contributed by atoms with E-state index in [4.69, 9.17) is 5.73 Å². The Balaban J connectivity index is 2.03. The second-order valence-corrected chi connectivity index (χ2v) is 4.41. The minimum atomic E-state index is -0.179. The van der Waals surface area contributed by atoms with E-state index in [2.05, 4.69) is 20.1 Å². The van der Waals surface area contributed by atoms with Crippen molar-refractivity contribution in [3.8, 4) is 17.2 Å². The topological polar surface area (TPSA) is 99.6 Å². The Hall–Kier alpha value is -3.09. The van der Waals surface area contributed by atoms with Crippen LogP contribution >= 0.6 is 0 Å². The van der Waals surface area contributed by atoms with E-state index in [1.807, 2.05) is 12.1 Å². The van der Waals surface area contributed by atoms with Gasteiger partial charge >= 0.3 is 0 Å². The quantitative estimate of drug-likeness (QED) is 0.576. The van der Waals surface area contributed by atoms with Crippen LogP contribution in [0.1, 0.15) is 17.4 Å². The summed E-state index contributed by atoms with van der Waals surface area (Å²) >= 11 is 0. The molecule has 0 aliphatic heterocycles. The van der Waals surface area contributed by atoms with Crippen molar-refractivity contribution in [3.05, 3.63) is 48.7 Å². The molecule has 0 radical (unpaired) electrons. The fourth-order valence-corrected chi connectivity index (χ4v) is 1.88. The average molecular weight is 280 g/mol. The number of hydrogen-bond acceptors (Lipinski definition) is 6. The van der Waals surface area contributed by atoms with Crippen LogP contribution in [0.2, 0.25) is 0 Å². The molecule has 0 aliphatic rings. The van der Waals surface area contributed by atoms with E-state index in [-0.39, 0.29) is 11.5 Å². The molecule has 104 valence electrons. The highest BCUT2D eigenvalue weighted by Gasteiger charge is 2.15. The zero-order valence-corrected chi connectivity index (χ0v) is 11.3. The van der Waals surface area contributed by atoms with Crippen molar-refractivity contribution in [2.24, 2.45) is 0 Å². The van der Waals surface area contributed by atoms with E-state index >= 15 is 0 Å². The van der Waals surface area contributed by atoms with E-state index in [9.17, 15) is 4.79 Å². The predicted octanol–water partition coefficient (Wildman–Crippen LogP) is 1.51. The summed E-state index contributed by atoms with van der Waals surface area (Å²) in [6.07, 6.45) is 4.53. The van der Waals surface area contributed by atoms with Crippen LogP contribution in [0.5, 0.6) is 0 Å². The van der Waals surface area contributed by atoms with Gasteiger partial charge in [-0.2, -0.15) is 0 Å². The summed E-state index contributed by atoms with van der Waals surface area (Å²) in [6, 6.07) is 7.21. The van der Waals surface area contributed by atoms with Crippen LogP contribution in [0.25, 0.3) is 17.2 Å². The van der Waals surface area contributed by atoms with Gasteiger partial charge in [0, 0.05) is 25.0 Å². The summed E-state index contributed by atoms with van der Waals surface area (Å²) in [6.45, 7) is 1.44. The van der Waals surface area contributed by atoms with Crippen molar-refractivity contribution >= 4 is 11.5 Å². The van der Waals surface area contributed by atoms with Gasteiger partial charge in [-0.1, -0.05) is 0 Å². The van der Waals surface area contributed by atoms with E-state index in [0.717, 1.165) is 5.69 Å². The maximum atomic E-state index is 11.6. The number of ketones is 1. The molecule has 3 rings (SSSR count). The Bertz CT molecular complexity index is 793. The molecule has 3 aromatic rings. The van der Waals surface area contributed by atoms with Crippen molar-refractivity contribution in [2.45, 2.75) is 6.92 Å². The lowest BCUT2D eigenvalue weighted by Gasteiger charge is -2.01. The molecule has 0 aliphatic carbocycles. The molecule has 2 N–H and O–H groups in total. The lowest BCUT2D eigenvalue weighted by atomic mass is 10.2. The average Bonchev–Trinajstić information content (AvgIpc) is 2.97. The molecule has 0 bridgehead atoms. The van der Waals surface area contributed by atoms with Crippen molar-refractivity contribution in [3.63, 3.8) is 0 Å². The molecule has 7 heteroatoms. The number of hydrogen-bond donors (Lipinski definition) is 1. The number of carbonyl (C=O) groups excluding carboxylic acids is 1. The van der Waals surface area contributed by atoms with Gasteiger partial charge < -0.3 is 5.73 Å². The molecule has 0 saturated heterocycles. The van der Waals surface area contributed by atoms with Crippen LogP contribution < -0.4 is 5.73 Å². The lowest BCUT2D eigenvalue weighted by molar-refractivity contribution is 0.101. The lowest BCUT2D eigenvalue weighted by Crippen LogP contribution is -2.03. The van der Waals surface area contributed by atoms with Crippen LogP contribution in [0.15, 0.2) is 43.0 Å². The highest BCUT2D eigenvalue weighted by Crippen LogP contribution is 2.17. The summed E-state index contributed by atoms with van der Waals surface area (Å²) in [5, 5.41) is 4.33. The molecule has 0 atom stereocenters. The minimum Gasteiger partial charge on any atom is -0.399 e. The molecule has 21 heavy (non-hydrogen) atoms. The van der Waals surface area contributed by atoms with Crippen molar-refractivity contribution in [1.82, 2.24) is 24.7 Å². The fourth-order valence-electron chi connectivity index (χ4n) is 1.88. The summed E-state index contributed by atoms with van der Waals surface area (Å²) in [5.41, 5.74) is 7.77. The largest absolute Gasteiger partial charge is 0.399 e. The Kier molecular flexibility index (Phi) is 3.15. The predicted molar refractivity (Wildman–Crippen MR) is 76.8 cm³/mol. The number of carbonyl (C=O) groups is 1. The van der Waals surface area contributed by atoms with E-state index in [1.165, 1.54) is 19.3 Å². The number of Topliss-reactive ketones (excluding diaryl/α,β-unsaturated/α-hetero) is 1. The third-order valence-electron chi connectivity index (χ3n) is 2.89. The van der Waals surface area contributed by atoms with Crippen LogP contribution in [0.3, 0.4) is 0 Å². The maximum Gasteiger partial charge on any atom is 0.202 e. The maximum absolute atomic E-state index is 11.6. The number of rotatable bonds is 3. The van der Waals surface area contributed by atoms with Gasteiger partial charge in [0.15, 0.2) is 5.78 Å². The number of nitrogen functional groups attached to an aromatic ring is 1. The summed E-state index contributed by atoms with van der Waals surface area (Å²) in [4.78, 5) is 23.9. The zero-order valence-electron chi connectivity index (χ0n) is 11.3. The van der Waals surface area contributed by atoms with Crippen molar-refractivity contribution < 1.29 is 4.79 Å². The minimum absolute atomic E-state index is 0.179. The number of nitrogens with two attached hydrogens (primary N) is 1. The molecular formula is C14H12N6O. The first-order chi connectivity index (χ1) is 10.1. The normalized spacial score (nSPS) is 10.5. The molecular weight excluding hydrogens is 268 g/mol. The monoisotopic (exact) mass is 280 g/mol. The highest BCUT2D eigenvalue weighted by molar-refractivity contribution is 5.96. The Morgan fingerprint density at radius 2 is 1.81 bits per heavy atom. The van der Waals surface area contributed by atoms with Gasteiger partial charge in [-0.05, 0) is 24.3 Å². The second-order valence-electron chi connectivity index (χ2n) is 4.41. The van der Waals surface area contributed by atoms with Gasteiger partial charge in [-0.15, -0.1) is 5.10 Å². The molecule has 0 amide bonds. The van der Waals surface area contributed by atoms with E-state index in [0.29, 0.717) is 17.2 Å². The molecule has 0 fully saturated rings. The first-order valence-corrected chi connectivity index (χ1v) is 6.25. The molecule has 0 unspecified atom stereocenters. The Morgan fingerprint density at radius 1 is 1.10 bits per heavy atom. The van der Waals surface area contributed by atoms with Gasteiger partial charge in [0.25, 0.3) is 0 Å². The van der Waals surface area contributed by atoms with Crippen molar-refractivity contribution in [2.75, 3.05) is 5.73 Å². The molecule has 7 nitrogen and oxygen atoms in total. The summed E-state index contributed by atoms with van der Waals surface area (Å²) in [5.74, 6) is 0.173. The highest BCUT2D eigenvalue weighted by atomic mass is 16.1. The smallest absolute Gasteiger partial charge is 0.202 e. The van der Waals surface area contributed by atoms with Crippen molar-refractivity contribution in [1.29, 1.82) is 0 Å². The molecule has 0 saturated carbocycles. The summed E-state index contributed by atoms with van der Waals surface area (Å²) < 4.78 is 1.59.